The van der Waals surface area contributed by atoms with E-state index in [9.17, 15) is 0 Å². The average Bonchev–Trinajstić information content (AvgIpc) is 3.72. The van der Waals surface area contributed by atoms with Gasteiger partial charge in [-0.2, -0.15) is 0 Å². The molecule has 8 aromatic carbocycles. The highest BCUT2D eigenvalue weighted by atomic mass is 16.3. The average molecular weight is 638 g/mol. The van der Waals surface area contributed by atoms with Crippen molar-refractivity contribution in [1.29, 1.82) is 0 Å². The molecule has 4 nitrogen and oxygen atoms in total. The molecule has 0 saturated carbocycles. The van der Waals surface area contributed by atoms with Crippen LogP contribution in [0.3, 0.4) is 0 Å². The molecule has 0 aliphatic rings. The largest absolute Gasteiger partial charge is 0.456 e. The number of hydrogen-bond donors (Lipinski definition) is 0. The Morgan fingerprint density at radius 2 is 1.18 bits per heavy atom. The molecule has 50 heavy (non-hydrogen) atoms. The summed E-state index contributed by atoms with van der Waals surface area (Å²) in [7, 11) is 0. The summed E-state index contributed by atoms with van der Waals surface area (Å²) in [6.45, 7) is 0. The van der Waals surface area contributed by atoms with Gasteiger partial charge in [0.25, 0.3) is 0 Å². The molecule has 0 fully saturated rings. The quantitative estimate of drug-likeness (QED) is 0.194. The van der Waals surface area contributed by atoms with Gasteiger partial charge >= 0.3 is 0 Å². The first-order chi connectivity index (χ1) is 24.8. The third kappa shape index (κ3) is 3.93. The molecule has 232 valence electrons. The Kier molecular flexibility index (Phi) is 5.63. The Balaban J connectivity index is 1.24. The molecule has 0 aliphatic heterocycles. The van der Waals surface area contributed by atoms with E-state index in [0.29, 0.717) is 5.95 Å². The number of rotatable bonds is 3. The molecule has 3 heterocycles. The molecule has 0 spiro atoms. The first-order valence-electron chi connectivity index (χ1n) is 16.9. The van der Waals surface area contributed by atoms with Crippen LogP contribution in [0.1, 0.15) is 0 Å². The van der Waals surface area contributed by atoms with E-state index in [1.165, 1.54) is 21.5 Å². The van der Waals surface area contributed by atoms with E-state index in [4.69, 9.17) is 14.4 Å². The lowest BCUT2D eigenvalue weighted by atomic mass is 9.99. The van der Waals surface area contributed by atoms with Crippen molar-refractivity contribution in [2.45, 2.75) is 0 Å². The second-order valence-corrected chi connectivity index (χ2v) is 13.0. The van der Waals surface area contributed by atoms with E-state index >= 15 is 0 Å². The lowest BCUT2D eigenvalue weighted by Crippen LogP contribution is -2.04. The Bertz CT molecular complexity index is 3150. The van der Waals surface area contributed by atoms with Crippen LogP contribution in [-0.4, -0.2) is 14.5 Å². The lowest BCUT2D eigenvalue weighted by molar-refractivity contribution is 0.669. The number of nitrogens with zero attached hydrogens (tertiary/aromatic N) is 3. The third-order valence-electron chi connectivity index (χ3n) is 10.2. The van der Waals surface area contributed by atoms with Crippen LogP contribution in [0.2, 0.25) is 0 Å². The zero-order chi connectivity index (χ0) is 32.8. The number of para-hydroxylation sites is 2. The van der Waals surface area contributed by atoms with Gasteiger partial charge in [0.1, 0.15) is 11.2 Å². The molecular formula is C46H27N3O. The summed E-state index contributed by atoms with van der Waals surface area (Å²) < 4.78 is 8.81. The summed E-state index contributed by atoms with van der Waals surface area (Å²) in [5.74, 6) is 0.640. The van der Waals surface area contributed by atoms with Gasteiger partial charge in [0.05, 0.1) is 22.2 Å². The normalized spacial score (nSPS) is 12.0. The molecule has 4 heteroatoms. The fourth-order valence-electron chi connectivity index (χ4n) is 7.89. The number of aromatic nitrogens is 3. The first-order valence-corrected chi connectivity index (χ1v) is 16.9. The van der Waals surface area contributed by atoms with Crippen molar-refractivity contribution in [2.75, 3.05) is 0 Å². The Labute approximate surface area is 286 Å². The van der Waals surface area contributed by atoms with E-state index < -0.39 is 0 Å². The fourth-order valence-corrected chi connectivity index (χ4v) is 7.89. The maximum atomic E-state index is 6.54. The second kappa shape index (κ2) is 10.4. The summed E-state index contributed by atoms with van der Waals surface area (Å²) in [6, 6.07) is 57.8. The minimum Gasteiger partial charge on any atom is -0.456 e. The van der Waals surface area contributed by atoms with E-state index in [1.807, 2.05) is 12.1 Å². The van der Waals surface area contributed by atoms with Gasteiger partial charge in [0.15, 0.2) is 0 Å². The van der Waals surface area contributed by atoms with Crippen molar-refractivity contribution in [2.24, 2.45) is 0 Å². The lowest BCUT2D eigenvalue weighted by Gasteiger charge is -2.13. The summed E-state index contributed by atoms with van der Waals surface area (Å²) in [4.78, 5) is 10.6. The highest BCUT2D eigenvalue weighted by molar-refractivity contribution is 6.20. The van der Waals surface area contributed by atoms with Crippen LogP contribution < -0.4 is 0 Å². The fraction of sp³-hybridized carbons (Fsp3) is 0. The highest BCUT2D eigenvalue weighted by Gasteiger charge is 2.21. The van der Waals surface area contributed by atoms with Crippen LogP contribution in [0.15, 0.2) is 168 Å². The second-order valence-electron chi connectivity index (χ2n) is 13.0. The third-order valence-corrected chi connectivity index (χ3v) is 10.2. The molecule has 0 saturated heterocycles. The molecule has 0 atom stereocenters. The van der Waals surface area contributed by atoms with Crippen LogP contribution in [0, 0.1) is 0 Å². The van der Waals surface area contributed by atoms with Crippen molar-refractivity contribution in [3.05, 3.63) is 164 Å². The molecular weight excluding hydrogens is 611 g/mol. The van der Waals surface area contributed by atoms with Crippen molar-refractivity contribution in [3.8, 4) is 28.3 Å². The van der Waals surface area contributed by atoms with Crippen molar-refractivity contribution in [3.63, 3.8) is 0 Å². The topological polar surface area (TPSA) is 43.9 Å². The van der Waals surface area contributed by atoms with E-state index in [-0.39, 0.29) is 0 Å². The van der Waals surface area contributed by atoms with Gasteiger partial charge in [-0.15, -0.1) is 0 Å². The maximum absolute atomic E-state index is 6.54. The number of furan rings is 1. The first kappa shape index (κ1) is 27.2. The molecule has 0 aliphatic carbocycles. The van der Waals surface area contributed by atoms with Crippen molar-refractivity contribution >= 4 is 76.2 Å². The molecule has 11 rings (SSSR count). The minimum atomic E-state index is 0.640. The van der Waals surface area contributed by atoms with E-state index in [1.54, 1.807) is 0 Å². The van der Waals surface area contributed by atoms with Crippen LogP contribution in [0.4, 0.5) is 0 Å². The van der Waals surface area contributed by atoms with Gasteiger partial charge in [-0.1, -0.05) is 127 Å². The summed E-state index contributed by atoms with van der Waals surface area (Å²) in [5, 5.41) is 10.4. The molecule has 0 bridgehead atoms. The minimum absolute atomic E-state index is 0.640. The summed E-state index contributed by atoms with van der Waals surface area (Å²) >= 11 is 0. The number of fused-ring (bicyclic) bond motifs is 10. The Morgan fingerprint density at radius 3 is 2.06 bits per heavy atom. The van der Waals surface area contributed by atoms with Crippen LogP contribution in [0.5, 0.6) is 0 Å². The van der Waals surface area contributed by atoms with Crippen LogP contribution in [0.25, 0.3) is 105 Å². The van der Waals surface area contributed by atoms with Gasteiger partial charge in [-0.3, -0.25) is 4.57 Å². The Morgan fingerprint density at radius 1 is 0.440 bits per heavy atom. The van der Waals surface area contributed by atoms with Crippen LogP contribution in [-0.2, 0) is 0 Å². The summed E-state index contributed by atoms with van der Waals surface area (Å²) in [6.07, 6.45) is 0. The van der Waals surface area contributed by atoms with E-state index in [2.05, 4.69) is 156 Å². The van der Waals surface area contributed by atoms with E-state index in [0.717, 1.165) is 77.0 Å². The van der Waals surface area contributed by atoms with Gasteiger partial charge in [0, 0.05) is 38.1 Å². The van der Waals surface area contributed by atoms with Gasteiger partial charge in [0.2, 0.25) is 5.95 Å². The smallest absolute Gasteiger partial charge is 0.235 e. The monoisotopic (exact) mass is 637 g/mol. The SMILES string of the molecule is c1ccc(-c2nc(-n3c4cc5ccccc5cc4c4cccc(-c5ccc6c(c5)oc5ccc7ccccc7c56)c43)nc3ccccc23)cc1. The predicted molar refractivity (Wildman–Crippen MR) is 207 cm³/mol. The molecule has 0 N–H and O–H groups in total. The Hall–Kier alpha value is -6.78. The van der Waals surface area contributed by atoms with Gasteiger partial charge < -0.3 is 4.42 Å². The zero-order valence-electron chi connectivity index (χ0n) is 26.8. The van der Waals surface area contributed by atoms with Gasteiger partial charge in [-0.25, -0.2) is 9.97 Å². The standard InChI is InChI=1S/C46H27N3O/c1-2-12-29(13-3-1)44-36-17-8-9-20-39(36)47-46(48-44)49-40-26-31-15-5-4-14-30(31)25-38(40)35-19-10-18-34(45(35)49)32-21-23-37-42(27-32)50-41-24-22-28-11-6-7-16-33(28)43(37)41/h1-27H. The number of hydrogen-bond acceptors (Lipinski definition) is 3. The molecule has 0 radical (unpaired) electrons. The predicted octanol–water partition coefficient (Wildman–Crippen LogP) is 12.3. The number of benzene rings is 8. The van der Waals surface area contributed by atoms with Gasteiger partial charge in [-0.05, 0) is 63.5 Å². The highest BCUT2D eigenvalue weighted by Crippen LogP contribution is 2.42. The molecule has 3 aromatic heterocycles. The van der Waals surface area contributed by atoms with Crippen molar-refractivity contribution in [1.82, 2.24) is 14.5 Å². The molecule has 0 amide bonds. The summed E-state index contributed by atoms with van der Waals surface area (Å²) in [5.41, 5.74) is 8.93. The maximum Gasteiger partial charge on any atom is 0.235 e. The zero-order valence-corrected chi connectivity index (χ0v) is 26.8. The van der Waals surface area contributed by atoms with Crippen LogP contribution >= 0.6 is 0 Å². The molecule has 0 unspecified atom stereocenters. The van der Waals surface area contributed by atoms with Crippen molar-refractivity contribution < 1.29 is 4.42 Å². The molecule has 11 aromatic rings.